The van der Waals surface area contributed by atoms with Crippen molar-refractivity contribution in [1.29, 1.82) is 0 Å². The normalized spacial score (nSPS) is 17.0. The smallest absolute Gasteiger partial charge is 0.261 e. The molecule has 6 nitrogen and oxygen atoms in total. The average Bonchev–Trinajstić information content (AvgIpc) is 3.13. The van der Waals surface area contributed by atoms with Gasteiger partial charge in [-0.25, -0.2) is 8.42 Å². The first-order valence-corrected chi connectivity index (χ1v) is 10.0. The van der Waals surface area contributed by atoms with Crippen molar-refractivity contribution in [2.75, 3.05) is 17.9 Å². The van der Waals surface area contributed by atoms with Crippen molar-refractivity contribution in [2.24, 2.45) is 0 Å². The molecule has 26 heavy (non-hydrogen) atoms. The summed E-state index contributed by atoms with van der Waals surface area (Å²) in [6, 6.07) is 13.1. The number of carbonyl (C=O) groups is 1. The Labute approximate surface area is 153 Å². The van der Waals surface area contributed by atoms with E-state index in [9.17, 15) is 13.2 Å². The van der Waals surface area contributed by atoms with Crippen molar-refractivity contribution >= 4 is 21.6 Å². The van der Waals surface area contributed by atoms with Crippen LogP contribution in [0.3, 0.4) is 0 Å². The molecule has 2 N–H and O–H groups in total. The molecular weight excluding hydrogens is 352 g/mol. The maximum absolute atomic E-state index is 12.6. The maximum Gasteiger partial charge on any atom is 0.261 e. The molecular formula is C19H22N2O4S. The van der Waals surface area contributed by atoms with Gasteiger partial charge in [-0.05, 0) is 55.7 Å². The van der Waals surface area contributed by atoms with Gasteiger partial charge in [0.15, 0.2) is 0 Å². The molecule has 1 saturated heterocycles. The van der Waals surface area contributed by atoms with E-state index >= 15 is 0 Å². The number of amides is 1. The van der Waals surface area contributed by atoms with Crippen molar-refractivity contribution in [1.82, 2.24) is 5.32 Å². The zero-order valence-electron chi connectivity index (χ0n) is 14.6. The Hall–Kier alpha value is -2.38. The van der Waals surface area contributed by atoms with Crippen LogP contribution in [-0.4, -0.2) is 33.6 Å². The summed E-state index contributed by atoms with van der Waals surface area (Å²) in [5.74, 6) is -0.312. The Balaban J connectivity index is 1.71. The number of sulfonamides is 1. The second-order valence-electron chi connectivity index (χ2n) is 6.35. The predicted molar refractivity (Wildman–Crippen MR) is 99.7 cm³/mol. The van der Waals surface area contributed by atoms with Gasteiger partial charge >= 0.3 is 0 Å². The van der Waals surface area contributed by atoms with E-state index in [0.29, 0.717) is 17.8 Å². The van der Waals surface area contributed by atoms with Gasteiger partial charge in [0.1, 0.15) is 0 Å². The van der Waals surface area contributed by atoms with Gasteiger partial charge in [0, 0.05) is 24.4 Å². The quantitative estimate of drug-likeness (QED) is 0.814. The van der Waals surface area contributed by atoms with Gasteiger partial charge in [-0.2, -0.15) is 0 Å². The standard InChI is InChI=1S/C19H22N2O4S/c1-14-5-2-7-16(11-14)21-26(23,24)18-9-3-6-15(12-18)19(22)20-13-17-8-4-10-25-17/h2-3,5-7,9,11-12,17,21H,4,8,10,13H2,1H3,(H,20,22)/t17-/m1/s1. The highest BCUT2D eigenvalue weighted by Gasteiger charge is 2.19. The van der Waals surface area contributed by atoms with Gasteiger partial charge in [-0.15, -0.1) is 0 Å². The van der Waals surface area contributed by atoms with Crippen LogP contribution in [0, 0.1) is 6.92 Å². The van der Waals surface area contributed by atoms with Gasteiger partial charge in [-0.1, -0.05) is 18.2 Å². The second-order valence-corrected chi connectivity index (χ2v) is 8.03. The van der Waals surface area contributed by atoms with E-state index in [2.05, 4.69) is 10.0 Å². The fraction of sp³-hybridized carbons (Fsp3) is 0.316. The third-order valence-corrected chi connectivity index (χ3v) is 5.57. The molecule has 0 spiro atoms. The Morgan fingerprint density at radius 2 is 2.00 bits per heavy atom. The highest BCUT2D eigenvalue weighted by atomic mass is 32.2. The second kappa shape index (κ2) is 7.88. The number of rotatable bonds is 6. The minimum atomic E-state index is -3.77. The lowest BCUT2D eigenvalue weighted by Gasteiger charge is -2.12. The molecule has 0 aliphatic carbocycles. The van der Waals surface area contributed by atoms with Gasteiger partial charge in [0.2, 0.25) is 0 Å². The maximum atomic E-state index is 12.6. The molecule has 0 bridgehead atoms. The molecule has 138 valence electrons. The summed E-state index contributed by atoms with van der Waals surface area (Å²) in [6.07, 6.45) is 1.96. The minimum absolute atomic E-state index is 0.0360. The van der Waals surface area contributed by atoms with Crippen LogP contribution in [0.1, 0.15) is 28.8 Å². The first-order valence-electron chi connectivity index (χ1n) is 8.53. The fourth-order valence-corrected chi connectivity index (χ4v) is 3.94. The van der Waals surface area contributed by atoms with Crippen molar-refractivity contribution in [3.05, 3.63) is 59.7 Å². The van der Waals surface area contributed by atoms with Crippen molar-refractivity contribution in [3.8, 4) is 0 Å². The Bertz CT molecular complexity index is 890. The molecule has 2 aromatic rings. The lowest BCUT2D eigenvalue weighted by molar-refractivity contribution is 0.0857. The number of aryl methyl sites for hydroxylation is 1. The van der Waals surface area contributed by atoms with E-state index in [1.54, 1.807) is 30.3 Å². The number of nitrogens with one attached hydrogen (secondary N) is 2. The van der Waals surface area contributed by atoms with Crippen LogP contribution in [0.4, 0.5) is 5.69 Å². The molecule has 1 heterocycles. The zero-order valence-corrected chi connectivity index (χ0v) is 15.4. The number of anilines is 1. The number of ether oxygens (including phenoxy) is 1. The summed E-state index contributed by atoms with van der Waals surface area (Å²) in [5, 5.41) is 2.80. The minimum Gasteiger partial charge on any atom is -0.376 e. The molecule has 0 radical (unpaired) electrons. The SMILES string of the molecule is Cc1cccc(NS(=O)(=O)c2cccc(C(=O)NC[C@H]3CCCO3)c2)c1. The molecule has 0 aromatic heterocycles. The Morgan fingerprint density at radius 1 is 1.19 bits per heavy atom. The molecule has 3 rings (SSSR count). The topological polar surface area (TPSA) is 84.5 Å². The van der Waals surface area contributed by atoms with Gasteiger partial charge in [-0.3, -0.25) is 9.52 Å². The summed E-state index contributed by atoms with van der Waals surface area (Å²) < 4.78 is 33.2. The van der Waals surface area contributed by atoms with Crippen molar-refractivity contribution in [3.63, 3.8) is 0 Å². The largest absolute Gasteiger partial charge is 0.376 e. The number of hydrogen-bond acceptors (Lipinski definition) is 4. The van der Waals surface area contributed by atoms with Crippen LogP contribution < -0.4 is 10.0 Å². The van der Waals surface area contributed by atoms with Gasteiger partial charge in [0.25, 0.3) is 15.9 Å². The molecule has 7 heteroatoms. The monoisotopic (exact) mass is 374 g/mol. The summed E-state index contributed by atoms with van der Waals surface area (Å²) in [7, 11) is -3.77. The Kier molecular flexibility index (Phi) is 5.58. The summed E-state index contributed by atoms with van der Waals surface area (Å²) in [5.41, 5.74) is 1.74. The van der Waals surface area contributed by atoms with E-state index in [0.717, 1.165) is 25.0 Å². The van der Waals surface area contributed by atoms with Crippen LogP contribution in [0.25, 0.3) is 0 Å². The van der Waals surface area contributed by atoms with Crippen LogP contribution in [0.15, 0.2) is 53.4 Å². The zero-order chi connectivity index (χ0) is 18.6. The molecule has 1 fully saturated rings. The summed E-state index contributed by atoms with van der Waals surface area (Å²) in [6.45, 7) is 3.03. The third-order valence-electron chi connectivity index (χ3n) is 4.19. The average molecular weight is 374 g/mol. The molecule has 1 aliphatic heterocycles. The molecule has 1 amide bonds. The number of hydrogen-bond donors (Lipinski definition) is 2. The lowest BCUT2D eigenvalue weighted by atomic mass is 10.2. The molecule has 1 aliphatic rings. The first-order chi connectivity index (χ1) is 12.4. The van der Waals surface area contributed by atoms with Crippen LogP contribution in [-0.2, 0) is 14.8 Å². The van der Waals surface area contributed by atoms with Gasteiger partial charge in [0.05, 0.1) is 11.0 Å². The Morgan fingerprint density at radius 3 is 2.73 bits per heavy atom. The van der Waals surface area contributed by atoms with E-state index < -0.39 is 10.0 Å². The van der Waals surface area contributed by atoms with E-state index in [1.807, 2.05) is 13.0 Å². The molecule has 1 atom stereocenters. The number of carbonyl (C=O) groups excluding carboxylic acids is 1. The summed E-state index contributed by atoms with van der Waals surface area (Å²) in [4.78, 5) is 12.3. The highest BCUT2D eigenvalue weighted by Crippen LogP contribution is 2.18. The van der Waals surface area contributed by atoms with Crippen LogP contribution in [0.5, 0.6) is 0 Å². The van der Waals surface area contributed by atoms with Crippen LogP contribution in [0.2, 0.25) is 0 Å². The number of benzene rings is 2. The fourth-order valence-electron chi connectivity index (χ4n) is 2.84. The van der Waals surface area contributed by atoms with Crippen molar-refractivity contribution in [2.45, 2.75) is 30.8 Å². The molecule has 0 unspecified atom stereocenters. The highest BCUT2D eigenvalue weighted by molar-refractivity contribution is 7.92. The first kappa shape index (κ1) is 18.4. The lowest BCUT2D eigenvalue weighted by Crippen LogP contribution is -2.31. The predicted octanol–water partition coefficient (Wildman–Crippen LogP) is 2.70. The van der Waals surface area contributed by atoms with E-state index in [4.69, 9.17) is 4.74 Å². The van der Waals surface area contributed by atoms with Crippen LogP contribution >= 0.6 is 0 Å². The molecule has 2 aromatic carbocycles. The van der Waals surface area contributed by atoms with Crippen molar-refractivity contribution < 1.29 is 17.9 Å². The van der Waals surface area contributed by atoms with Gasteiger partial charge < -0.3 is 10.1 Å². The van der Waals surface area contributed by atoms with E-state index in [-0.39, 0.29) is 16.9 Å². The van der Waals surface area contributed by atoms with E-state index in [1.165, 1.54) is 12.1 Å². The summed E-state index contributed by atoms with van der Waals surface area (Å²) >= 11 is 0. The third kappa shape index (κ3) is 4.62. The molecule has 0 saturated carbocycles.